The van der Waals surface area contributed by atoms with Crippen molar-refractivity contribution in [3.8, 4) is 0 Å². The van der Waals surface area contributed by atoms with Gasteiger partial charge in [-0.3, -0.25) is 0 Å². The minimum absolute atomic E-state index is 0.382. The Labute approximate surface area is 213 Å². The van der Waals surface area contributed by atoms with Crippen LogP contribution in [0.2, 0.25) is 54.4 Å². The molecule has 0 aliphatic rings. The Bertz CT molecular complexity index is 555. The van der Waals surface area contributed by atoms with Gasteiger partial charge in [-0.05, 0) is 54.1 Å². The van der Waals surface area contributed by atoms with E-state index in [9.17, 15) is 0 Å². The highest BCUT2D eigenvalue weighted by Gasteiger charge is 2.40. The molecule has 0 heterocycles. The van der Waals surface area contributed by atoms with Crippen LogP contribution in [-0.2, 0) is 0 Å². The summed E-state index contributed by atoms with van der Waals surface area (Å²) in [5.41, 5.74) is 0. The first-order valence-electron chi connectivity index (χ1n) is 13.5. The van der Waals surface area contributed by atoms with E-state index in [4.69, 9.17) is 0 Å². The van der Waals surface area contributed by atoms with Crippen LogP contribution >= 0.6 is 0 Å². The summed E-state index contributed by atoms with van der Waals surface area (Å²) in [7, 11) is -4.28. The van der Waals surface area contributed by atoms with Crippen molar-refractivity contribution in [1.29, 1.82) is 0 Å². The van der Waals surface area contributed by atoms with Gasteiger partial charge in [-0.2, -0.15) is 0 Å². The first kappa shape index (κ1) is 33.5. The number of hydrogen-bond donors (Lipinski definition) is 3. The maximum absolute atomic E-state index is 3.97. The molecule has 200 valence electrons. The first-order valence-corrected chi connectivity index (χ1v) is 22.5. The average Bonchev–Trinajstić information content (AvgIpc) is 2.59. The van der Waals surface area contributed by atoms with Crippen LogP contribution in [0.1, 0.15) is 75.2 Å². The van der Waals surface area contributed by atoms with Gasteiger partial charge in [0.15, 0.2) is 0 Å². The number of rotatable bonds is 14. The molecule has 0 fully saturated rings. The highest BCUT2D eigenvalue weighted by molar-refractivity contribution is 6.78. The summed E-state index contributed by atoms with van der Waals surface area (Å²) in [6, 6.07) is 0. The van der Waals surface area contributed by atoms with E-state index < -0.39 is 24.7 Å². The van der Waals surface area contributed by atoms with Gasteiger partial charge in [0.05, 0.1) is 0 Å². The highest BCUT2D eigenvalue weighted by atomic mass is 28.3. The molecule has 7 heteroatoms. The van der Waals surface area contributed by atoms with Crippen molar-refractivity contribution in [2.45, 2.75) is 130 Å². The summed E-state index contributed by atoms with van der Waals surface area (Å²) in [4.78, 5) is 7.86. The van der Waals surface area contributed by atoms with Crippen molar-refractivity contribution in [2.24, 2.45) is 0 Å². The summed E-state index contributed by atoms with van der Waals surface area (Å²) in [5.74, 6) is 0. The Kier molecular flexibility index (Phi) is 12.8. The van der Waals surface area contributed by atoms with Crippen molar-refractivity contribution >= 4 is 24.7 Å². The van der Waals surface area contributed by atoms with E-state index in [1.54, 1.807) is 0 Å². The molecule has 0 aliphatic carbocycles. The molecule has 0 bridgehead atoms. The molecule has 0 saturated carbocycles. The lowest BCUT2D eigenvalue weighted by molar-refractivity contribution is 0.383. The maximum atomic E-state index is 3.97. The highest BCUT2D eigenvalue weighted by Crippen LogP contribution is 2.38. The number of nitrogens with one attached hydrogen (secondary N) is 3. The van der Waals surface area contributed by atoms with Crippen LogP contribution < -0.4 is 15.3 Å². The van der Waals surface area contributed by atoms with E-state index in [1.165, 1.54) is 25.9 Å². The lowest BCUT2D eigenvalue weighted by Crippen LogP contribution is -2.57. The lowest BCUT2D eigenvalue weighted by atomic mass is 10.2. The summed E-state index contributed by atoms with van der Waals surface area (Å²) in [6.07, 6.45) is 2.46. The van der Waals surface area contributed by atoms with Crippen molar-refractivity contribution in [1.82, 2.24) is 19.8 Å². The van der Waals surface area contributed by atoms with Gasteiger partial charge in [0.2, 0.25) is 0 Å². The van der Waals surface area contributed by atoms with Crippen LogP contribution in [0.15, 0.2) is 0 Å². The van der Waals surface area contributed by atoms with Crippen molar-refractivity contribution in [3.05, 3.63) is 0 Å². The second kappa shape index (κ2) is 12.6. The molecule has 0 aromatic carbocycles. The fourth-order valence-corrected chi connectivity index (χ4v) is 8.30. The summed E-state index contributed by atoms with van der Waals surface area (Å²) < 4.78 is 2.86. The van der Waals surface area contributed by atoms with Crippen LogP contribution in [0.25, 0.3) is 0 Å². The van der Waals surface area contributed by atoms with Gasteiger partial charge in [0, 0.05) is 13.1 Å². The fourth-order valence-electron chi connectivity index (χ4n) is 3.30. The van der Waals surface area contributed by atoms with E-state index in [2.05, 4.69) is 121 Å². The molecule has 0 amide bonds. The summed E-state index contributed by atoms with van der Waals surface area (Å²) >= 11 is 0. The Morgan fingerprint density at radius 1 is 0.515 bits per heavy atom. The molecular weight excluding hydrogens is 453 g/mol. The van der Waals surface area contributed by atoms with Gasteiger partial charge in [-0.15, -0.1) is 0 Å². The van der Waals surface area contributed by atoms with E-state index in [0.29, 0.717) is 15.1 Å². The van der Waals surface area contributed by atoms with Gasteiger partial charge in [0.25, 0.3) is 0 Å². The van der Waals surface area contributed by atoms with Gasteiger partial charge in [-0.25, -0.2) is 0 Å². The Morgan fingerprint density at radius 3 is 1.33 bits per heavy atom. The Morgan fingerprint density at radius 2 is 0.939 bits per heavy atom. The van der Waals surface area contributed by atoms with Crippen molar-refractivity contribution in [3.63, 3.8) is 0 Å². The van der Waals surface area contributed by atoms with Gasteiger partial charge in [-0.1, -0.05) is 102 Å². The molecular formula is C26H64N4Si3. The second-order valence-corrected chi connectivity index (χ2v) is 30.3. The molecule has 0 rings (SSSR count). The average molecular weight is 517 g/mol. The standard InChI is InChI=1S/C26H64N4Si3/c1-24(2,3)31(10,11)28-19-16-18-27-21-23-30(33(14,15)26(7,8)9)22-17-20-29-32(12,13)25(4,5)6/h27-29H,16-23H2,1-15H3. The van der Waals surface area contributed by atoms with Crippen LogP contribution in [0.3, 0.4) is 0 Å². The van der Waals surface area contributed by atoms with Gasteiger partial charge in [0.1, 0.15) is 24.7 Å². The van der Waals surface area contributed by atoms with Crippen LogP contribution in [0, 0.1) is 0 Å². The Balaban J connectivity index is 4.63. The van der Waals surface area contributed by atoms with E-state index in [1.807, 2.05) is 0 Å². The third-order valence-electron chi connectivity index (χ3n) is 9.20. The molecule has 0 saturated heterocycles. The number of nitrogens with zero attached hydrogens (tertiary/aromatic N) is 1. The first-order chi connectivity index (χ1) is 14.6. The SMILES string of the molecule is CC(C)(C)[Si](C)(C)NCCCNCCN(CCCN[Si](C)(C)C(C)(C)C)[Si](C)(C)C(C)(C)C. The van der Waals surface area contributed by atoms with Crippen LogP contribution in [-0.4, -0.2) is 68.5 Å². The normalized spacial score (nSPS) is 14.9. The lowest BCUT2D eigenvalue weighted by Gasteiger charge is -2.46. The van der Waals surface area contributed by atoms with Crippen molar-refractivity contribution in [2.75, 3.05) is 39.3 Å². The minimum atomic E-state index is -1.52. The maximum Gasteiger partial charge on any atom is 0.127 e. The van der Waals surface area contributed by atoms with E-state index >= 15 is 0 Å². The molecule has 0 aliphatic heterocycles. The Hall–Kier alpha value is 0.491. The molecule has 0 atom stereocenters. The minimum Gasteiger partial charge on any atom is -0.337 e. The van der Waals surface area contributed by atoms with Crippen molar-refractivity contribution < 1.29 is 0 Å². The molecule has 4 nitrogen and oxygen atoms in total. The smallest absolute Gasteiger partial charge is 0.127 e. The zero-order valence-corrected chi connectivity index (χ0v) is 28.6. The predicted molar refractivity (Wildman–Crippen MR) is 161 cm³/mol. The van der Waals surface area contributed by atoms with E-state index in [-0.39, 0.29) is 0 Å². The predicted octanol–water partition coefficient (Wildman–Crippen LogP) is 6.85. The zero-order valence-electron chi connectivity index (χ0n) is 25.6. The summed E-state index contributed by atoms with van der Waals surface area (Å²) in [5, 5.41) is 4.93. The van der Waals surface area contributed by atoms with Gasteiger partial charge < -0.3 is 19.8 Å². The van der Waals surface area contributed by atoms with E-state index in [0.717, 1.165) is 26.2 Å². The third-order valence-corrected chi connectivity index (χ3v) is 24.7. The molecule has 3 N–H and O–H groups in total. The second-order valence-electron chi connectivity index (χ2n) is 14.9. The third kappa shape index (κ3) is 11.0. The molecule has 0 spiro atoms. The van der Waals surface area contributed by atoms with Crippen LogP contribution in [0.5, 0.6) is 0 Å². The molecule has 0 radical (unpaired) electrons. The van der Waals surface area contributed by atoms with Crippen LogP contribution in [0.4, 0.5) is 0 Å². The largest absolute Gasteiger partial charge is 0.337 e. The number of hydrogen-bond acceptors (Lipinski definition) is 4. The monoisotopic (exact) mass is 516 g/mol. The zero-order chi connectivity index (χ0) is 26.4. The summed E-state index contributed by atoms with van der Waals surface area (Å²) in [6.45, 7) is 43.5. The van der Waals surface area contributed by atoms with Gasteiger partial charge >= 0.3 is 0 Å². The molecule has 0 aromatic heterocycles. The quantitative estimate of drug-likeness (QED) is 0.174. The fraction of sp³-hybridized carbons (Fsp3) is 1.00. The topological polar surface area (TPSA) is 39.3 Å². The molecule has 0 unspecified atom stereocenters. The molecule has 0 aromatic rings. The molecule has 33 heavy (non-hydrogen) atoms.